The molecule has 3 fully saturated rings. The molecule has 1 N–H and O–H groups in total. The van der Waals surface area contributed by atoms with Crippen LogP contribution in [0, 0.1) is 11.8 Å². The highest BCUT2D eigenvalue weighted by atomic mass is 16.5. The molecule has 2 aliphatic heterocycles. The highest BCUT2D eigenvalue weighted by Crippen LogP contribution is 2.35. The Morgan fingerprint density at radius 2 is 2.23 bits per heavy atom. The fourth-order valence-electron chi connectivity index (χ4n) is 3.77. The lowest BCUT2D eigenvalue weighted by molar-refractivity contribution is -0.129. The third-order valence-corrected chi connectivity index (χ3v) is 5.27. The zero-order valence-electron chi connectivity index (χ0n) is 12.6. The van der Waals surface area contributed by atoms with Crippen LogP contribution in [0.1, 0.15) is 25.7 Å². The molecule has 6 nitrogen and oxygen atoms in total. The summed E-state index contributed by atoms with van der Waals surface area (Å²) < 4.78 is 5.87. The molecule has 0 spiro atoms. The highest BCUT2D eigenvalue weighted by Gasteiger charge is 2.44. The van der Waals surface area contributed by atoms with Gasteiger partial charge in [0.1, 0.15) is 12.1 Å². The van der Waals surface area contributed by atoms with Crippen LogP contribution in [0.4, 0.5) is 5.82 Å². The van der Waals surface area contributed by atoms with Crippen molar-refractivity contribution in [3.05, 3.63) is 18.6 Å². The number of aromatic nitrogens is 2. The van der Waals surface area contributed by atoms with E-state index in [9.17, 15) is 4.79 Å². The molecule has 1 aliphatic carbocycles. The van der Waals surface area contributed by atoms with Crippen LogP contribution in [0.25, 0.3) is 0 Å². The first kappa shape index (κ1) is 13.9. The van der Waals surface area contributed by atoms with Crippen molar-refractivity contribution in [2.75, 3.05) is 24.6 Å². The number of carbonyl (C=O) groups excluding carboxylic acids is 1. The Morgan fingerprint density at radius 3 is 2.95 bits per heavy atom. The van der Waals surface area contributed by atoms with Gasteiger partial charge in [-0.15, -0.1) is 0 Å². The second kappa shape index (κ2) is 5.83. The average molecular weight is 302 g/mol. The van der Waals surface area contributed by atoms with Crippen LogP contribution in [0.5, 0.6) is 0 Å². The third kappa shape index (κ3) is 2.56. The minimum atomic E-state index is -0.00295. The molecular formula is C16H22N4O2. The Hall–Kier alpha value is -1.69. The van der Waals surface area contributed by atoms with E-state index in [1.807, 2.05) is 6.07 Å². The number of amides is 1. The average Bonchev–Trinajstić information content (AvgIpc) is 2.99. The van der Waals surface area contributed by atoms with Crippen molar-refractivity contribution in [2.45, 2.75) is 37.8 Å². The standard InChI is InChI=1S/C16H22N4O2/c21-16(19-11-2-1-3-11)13-8-20(15-4-6-17-10-18-15)9-14-12(13)5-7-22-14/h4,6,10-14H,1-3,5,7-9H2,(H,19,21)/t12-,13-,14+/m0/s1. The van der Waals surface area contributed by atoms with Gasteiger partial charge in [-0.1, -0.05) is 0 Å². The smallest absolute Gasteiger partial charge is 0.225 e. The van der Waals surface area contributed by atoms with Crippen molar-refractivity contribution < 1.29 is 9.53 Å². The summed E-state index contributed by atoms with van der Waals surface area (Å²) in [6.07, 6.45) is 7.91. The summed E-state index contributed by atoms with van der Waals surface area (Å²) in [7, 11) is 0. The van der Waals surface area contributed by atoms with Crippen LogP contribution in [0.2, 0.25) is 0 Å². The zero-order valence-corrected chi connectivity index (χ0v) is 12.6. The molecule has 3 atom stereocenters. The second-order valence-electron chi connectivity index (χ2n) is 6.58. The first-order chi connectivity index (χ1) is 10.8. The molecule has 3 heterocycles. The summed E-state index contributed by atoms with van der Waals surface area (Å²) in [4.78, 5) is 23.2. The predicted molar refractivity (Wildman–Crippen MR) is 81.4 cm³/mol. The highest BCUT2D eigenvalue weighted by molar-refractivity contribution is 5.80. The van der Waals surface area contributed by atoms with E-state index in [1.54, 1.807) is 12.5 Å². The normalized spacial score (nSPS) is 31.5. The number of hydrogen-bond acceptors (Lipinski definition) is 5. The lowest BCUT2D eigenvalue weighted by atomic mass is 9.81. The minimum absolute atomic E-state index is 0.00295. The number of fused-ring (bicyclic) bond motifs is 1. The number of rotatable bonds is 3. The Bertz CT molecular complexity index is 534. The molecule has 3 aliphatic rings. The Balaban J connectivity index is 1.51. The van der Waals surface area contributed by atoms with E-state index >= 15 is 0 Å². The molecule has 0 unspecified atom stereocenters. The Kier molecular flexibility index (Phi) is 3.70. The lowest BCUT2D eigenvalue weighted by Gasteiger charge is -2.40. The molecule has 1 aromatic heterocycles. The van der Waals surface area contributed by atoms with Gasteiger partial charge in [-0.3, -0.25) is 4.79 Å². The summed E-state index contributed by atoms with van der Waals surface area (Å²) in [6.45, 7) is 2.30. The van der Waals surface area contributed by atoms with E-state index in [0.717, 1.165) is 44.8 Å². The fraction of sp³-hybridized carbons (Fsp3) is 0.688. The minimum Gasteiger partial charge on any atom is -0.376 e. The molecule has 0 bridgehead atoms. The molecule has 2 saturated heterocycles. The quantitative estimate of drug-likeness (QED) is 0.902. The molecule has 1 saturated carbocycles. The zero-order chi connectivity index (χ0) is 14.9. The molecule has 0 radical (unpaired) electrons. The number of ether oxygens (including phenoxy) is 1. The molecule has 6 heteroatoms. The van der Waals surface area contributed by atoms with Gasteiger partial charge < -0.3 is 15.0 Å². The molecule has 0 aromatic carbocycles. The van der Waals surface area contributed by atoms with Gasteiger partial charge in [-0.2, -0.15) is 0 Å². The first-order valence-corrected chi connectivity index (χ1v) is 8.24. The van der Waals surface area contributed by atoms with Gasteiger partial charge in [0.2, 0.25) is 5.91 Å². The largest absolute Gasteiger partial charge is 0.376 e. The Labute approximate surface area is 130 Å². The number of nitrogens with zero attached hydrogens (tertiary/aromatic N) is 3. The summed E-state index contributed by atoms with van der Waals surface area (Å²) in [6, 6.07) is 2.29. The van der Waals surface area contributed by atoms with E-state index in [1.165, 1.54) is 6.42 Å². The molecular weight excluding hydrogens is 280 g/mol. The van der Waals surface area contributed by atoms with Crippen LogP contribution in [-0.4, -0.2) is 47.7 Å². The summed E-state index contributed by atoms with van der Waals surface area (Å²) in [5.41, 5.74) is 0. The maximum absolute atomic E-state index is 12.7. The molecule has 118 valence electrons. The summed E-state index contributed by atoms with van der Waals surface area (Å²) in [5, 5.41) is 3.22. The molecule has 4 rings (SSSR count). The maximum atomic E-state index is 12.7. The van der Waals surface area contributed by atoms with Crippen molar-refractivity contribution in [1.29, 1.82) is 0 Å². The van der Waals surface area contributed by atoms with Crippen molar-refractivity contribution in [3.8, 4) is 0 Å². The van der Waals surface area contributed by atoms with Crippen molar-refractivity contribution in [2.24, 2.45) is 11.8 Å². The molecule has 22 heavy (non-hydrogen) atoms. The topological polar surface area (TPSA) is 67.4 Å². The number of piperidine rings is 1. The van der Waals surface area contributed by atoms with Gasteiger partial charge in [0.05, 0.1) is 12.0 Å². The van der Waals surface area contributed by atoms with Crippen molar-refractivity contribution in [3.63, 3.8) is 0 Å². The van der Waals surface area contributed by atoms with E-state index in [4.69, 9.17) is 4.74 Å². The third-order valence-electron chi connectivity index (χ3n) is 5.27. The number of hydrogen-bond donors (Lipinski definition) is 1. The van der Waals surface area contributed by atoms with Crippen LogP contribution >= 0.6 is 0 Å². The lowest BCUT2D eigenvalue weighted by Crippen LogP contribution is -2.55. The summed E-state index contributed by atoms with van der Waals surface area (Å²) >= 11 is 0. The number of nitrogens with one attached hydrogen (secondary N) is 1. The van der Waals surface area contributed by atoms with Gasteiger partial charge in [0.15, 0.2) is 0 Å². The molecule has 1 amide bonds. The van der Waals surface area contributed by atoms with Crippen LogP contribution in [0.15, 0.2) is 18.6 Å². The van der Waals surface area contributed by atoms with Crippen LogP contribution < -0.4 is 10.2 Å². The van der Waals surface area contributed by atoms with E-state index in [-0.39, 0.29) is 17.9 Å². The first-order valence-electron chi connectivity index (χ1n) is 8.24. The van der Waals surface area contributed by atoms with Crippen molar-refractivity contribution in [1.82, 2.24) is 15.3 Å². The van der Waals surface area contributed by atoms with Gasteiger partial charge >= 0.3 is 0 Å². The van der Waals surface area contributed by atoms with Gasteiger partial charge in [-0.05, 0) is 31.7 Å². The monoisotopic (exact) mass is 302 g/mol. The summed E-state index contributed by atoms with van der Waals surface area (Å²) in [5.74, 6) is 1.42. The van der Waals surface area contributed by atoms with Crippen LogP contribution in [0.3, 0.4) is 0 Å². The maximum Gasteiger partial charge on any atom is 0.225 e. The van der Waals surface area contributed by atoms with E-state index < -0.39 is 0 Å². The second-order valence-corrected chi connectivity index (χ2v) is 6.58. The van der Waals surface area contributed by atoms with Crippen molar-refractivity contribution >= 4 is 11.7 Å². The Morgan fingerprint density at radius 1 is 1.32 bits per heavy atom. The number of carbonyl (C=O) groups is 1. The number of anilines is 1. The van der Waals surface area contributed by atoms with Gasteiger partial charge in [0.25, 0.3) is 0 Å². The fourth-order valence-corrected chi connectivity index (χ4v) is 3.77. The van der Waals surface area contributed by atoms with E-state index in [0.29, 0.717) is 12.0 Å². The van der Waals surface area contributed by atoms with Crippen LogP contribution in [-0.2, 0) is 9.53 Å². The SMILES string of the molecule is O=C(NC1CCC1)[C@H]1CN(c2ccncn2)C[C@H]2OCC[C@@H]12. The van der Waals surface area contributed by atoms with Gasteiger partial charge in [-0.25, -0.2) is 9.97 Å². The van der Waals surface area contributed by atoms with Gasteiger partial charge in [0, 0.05) is 37.9 Å². The molecule has 1 aromatic rings. The van der Waals surface area contributed by atoms with E-state index in [2.05, 4.69) is 20.2 Å². The predicted octanol–water partition coefficient (Wildman–Crippen LogP) is 0.987.